The van der Waals surface area contributed by atoms with Crippen LogP contribution in [0.15, 0.2) is 24.3 Å². The van der Waals surface area contributed by atoms with Crippen molar-refractivity contribution in [3.05, 3.63) is 29.8 Å². The third-order valence-corrected chi connectivity index (χ3v) is 3.19. The first kappa shape index (κ1) is 12.9. The number of anilines is 1. The Hall–Kier alpha value is -1.55. The van der Waals surface area contributed by atoms with Crippen LogP contribution in [0.25, 0.3) is 0 Å². The first-order valence-corrected chi connectivity index (χ1v) is 6.31. The van der Waals surface area contributed by atoms with Gasteiger partial charge in [0.15, 0.2) is 0 Å². The van der Waals surface area contributed by atoms with E-state index in [-0.39, 0.29) is 11.4 Å². The second-order valence-corrected chi connectivity index (χ2v) is 5.19. The molecule has 0 bridgehead atoms. The standard InChI is InChI=1S/C14H20N2O2/c1-14(6-3-7-18-10-14)16-13(17)9-11-4-2-5-12(15)8-11/h2,4-5,8H,3,6-7,9-10,15H2,1H3,(H,16,17). The Balaban J connectivity index is 1.92. The van der Waals surface area contributed by atoms with E-state index in [1.165, 1.54) is 0 Å². The summed E-state index contributed by atoms with van der Waals surface area (Å²) in [5, 5.41) is 3.06. The molecule has 1 fully saturated rings. The van der Waals surface area contributed by atoms with E-state index in [1.807, 2.05) is 31.2 Å². The van der Waals surface area contributed by atoms with E-state index in [1.54, 1.807) is 0 Å². The predicted octanol–water partition coefficient (Wildman–Crippen LogP) is 1.50. The minimum atomic E-state index is -0.227. The Kier molecular flexibility index (Phi) is 3.87. The van der Waals surface area contributed by atoms with Gasteiger partial charge in [0.05, 0.1) is 18.6 Å². The second-order valence-electron chi connectivity index (χ2n) is 5.19. The summed E-state index contributed by atoms with van der Waals surface area (Å²) in [6.45, 7) is 3.42. The second kappa shape index (κ2) is 5.40. The van der Waals surface area contributed by atoms with Crippen molar-refractivity contribution in [2.75, 3.05) is 18.9 Å². The van der Waals surface area contributed by atoms with Gasteiger partial charge in [-0.3, -0.25) is 4.79 Å². The van der Waals surface area contributed by atoms with Gasteiger partial charge in [-0.05, 0) is 37.5 Å². The molecule has 0 radical (unpaired) electrons. The number of carbonyl (C=O) groups excluding carboxylic acids is 1. The summed E-state index contributed by atoms with van der Waals surface area (Å²) in [6, 6.07) is 7.43. The monoisotopic (exact) mass is 248 g/mol. The number of carbonyl (C=O) groups is 1. The largest absolute Gasteiger partial charge is 0.399 e. The van der Waals surface area contributed by atoms with Gasteiger partial charge in [0.25, 0.3) is 0 Å². The van der Waals surface area contributed by atoms with Crippen molar-refractivity contribution in [1.29, 1.82) is 0 Å². The summed E-state index contributed by atoms with van der Waals surface area (Å²) in [4.78, 5) is 12.0. The summed E-state index contributed by atoms with van der Waals surface area (Å²) >= 11 is 0. The zero-order valence-electron chi connectivity index (χ0n) is 10.7. The van der Waals surface area contributed by atoms with Crippen molar-refractivity contribution in [3.63, 3.8) is 0 Å². The molecule has 4 heteroatoms. The summed E-state index contributed by atoms with van der Waals surface area (Å²) < 4.78 is 5.42. The van der Waals surface area contributed by atoms with Crippen LogP contribution in [0, 0.1) is 0 Å². The lowest BCUT2D eigenvalue weighted by Crippen LogP contribution is -2.52. The molecule has 1 unspecified atom stereocenters. The number of amides is 1. The minimum Gasteiger partial charge on any atom is -0.399 e. The molecule has 0 saturated carbocycles. The topological polar surface area (TPSA) is 64.4 Å². The van der Waals surface area contributed by atoms with Crippen LogP contribution in [0.1, 0.15) is 25.3 Å². The summed E-state index contributed by atoms with van der Waals surface area (Å²) in [6.07, 6.45) is 2.32. The first-order valence-electron chi connectivity index (χ1n) is 6.31. The van der Waals surface area contributed by atoms with E-state index < -0.39 is 0 Å². The van der Waals surface area contributed by atoms with Gasteiger partial charge < -0.3 is 15.8 Å². The summed E-state index contributed by atoms with van der Waals surface area (Å²) in [5.74, 6) is 0.0219. The highest BCUT2D eigenvalue weighted by Gasteiger charge is 2.29. The molecule has 1 amide bonds. The Morgan fingerprint density at radius 1 is 1.56 bits per heavy atom. The third kappa shape index (κ3) is 3.47. The molecule has 1 saturated heterocycles. The molecule has 1 heterocycles. The molecule has 1 aliphatic heterocycles. The van der Waals surface area contributed by atoms with Gasteiger partial charge in [0.1, 0.15) is 0 Å². The zero-order chi connectivity index (χ0) is 13.0. The first-order chi connectivity index (χ1) is 8.57. The lowest BCUT2D eigenvalue weighted by atomic mass is 9.94. The lowest BCUT2D eigenvalue weighted by Gasteiger charge is -2.34. The number of ether oxygens (including phenoxy) is 1. The molecular formula is C14H20N2O2. The van der Waals surface area contributed by atoms with Gasteiger partial charge in [0, 0.05) is 12.3 Å². The Bertz CT molecular complexity index is 426. The molecule has 0 aliphatic carbocycles. The van der Waals surface area contributed by atoms with Crippen LogP contribution < -0.4 is 11.1 Å². The number of hydrogen-bond acceptors (Lipinski definition) is 3. The maximum Gasteiger partial charge on any atom is 0.224 e. The van der Waals surface area contributed by atoms with Gasteiger partial charge in [-0.1, -0.05) is 12.1 Å². The van der Waals surface area contributed by atoms with Crippen LogP contribution in [0.5, 0.6) is 0 Å². The van der Waals surface area contributed by atoms with E-state index in [0.717, 1.165) is 25.0 Å². The van der Waals surface area contributed by atoms with Crippen molar-refractivity contribution >= 4 is 11.6 Å². The maximum atomic E-state index is 12.0. The molecule has 18 heavy (non-hydrogen) atoms. The van der Waals surface area contributed by atoms with E-state index in [4.69, 9.17) is 10.5 Å². The smallest absolute Gasteiger partial charge is 0.224 e. The Morgan fingerprint density at radius 2 is 2.39 bits per heavy atom. The normalized spacial score (nSPS) is 23.6. The average molecular weight is 248 g/mol. The highest BCUT2D eigenvalue weighted by molar-refractivity contribution is 5.79. The molecule has 3 N–H and O–H groups in total. The highest BCUT2D eigenvalue weighted by atomic mass is 16.5. The van der Waals surface area contributed by atoms with E-state index in [9.17, 15) is 4.79 Å². The molecule has 4 nitrogen and oxygen atoms in total. The van der Waals surface area contributed by atoms with Crippen LogP contribution in [-0.2, 0) is 16.0 Å². The van der Waals surface area contributed by atoms with Crippen molar-refractivity contribution in [2.24, 2.45) is 0 Å². The number of nitrogens with one attached hydrogen (secondary N) is 1. The average Bonchev–Trinajstić information content (AvgIpc) is 2.28. The van der Waals surface area contributed by atoms with Crippen LogP contribution in [-0.4, -0.2) is 24.7 Å². The fourth-order valence-corrected chi connectivity index (χ4v) is 2.30. The highest BCUT2D eigenvalue weighted by Crippen LogP contribution is 2.18. The molecular weight excluding hydrogens is 228 g/mol. The fraction of sp³-hybridized carbons (Fsp3) is 0.500. The number of nitrogens with two attached hydrogens (primary N) is 1. The molecule has 1 aromatic rings. The molecule has 0 aromatic heterocycles. The van der Waals surface area contributed by atoms with Gasteiger partial charge in [-0.25, -0.2) is 0 Å². The van der Waals surface area contributed by atoms with Gasteiger partial charge in [0.2, 0.25) is 5.91 Å². The molecule has 1 atom stereocenters. The van der Waals surface area contributed by atoms with E-state index in [0.29, 0.717) is 18.7 Å². The molecule has 98 valence electrons. The SMILES string of the molecule is CC1(NC(=O)Cc2cccc(N)c2)CCCOC1. The quantitative estimate of drug-likeness (QED) is 0.797. The zero-order valence-corrected chi connectivity index (χ0v) is 10.7. The maximum absolute atomic E-state index is 12.0. The summed E-state index contributed by atoms with van der Waals surface area (Å²) in [7, 11) is 0. The minimum absolute atomic E-state index is 0.0219. The molecule has 2 rings (SSSR count). The number of nitrogen functional groups attached to an aromatic ring is 1. The Labute approximate surface area is 108 Å². The lowest BCUT2D eigenvalue weighted by molar-refractivity contribution is -0.124. The van der Waals surface area contributed by atoms with Crippen molar-refractivity contribution in [3.8, 4) is 0 Å². The van der Waals surface area contributed by atoms with Crippen LogP contribution in [0.2, 0.25) is 0 Å². The van der Waals surface area contributed by atoms with Crippen LogP contribution in [0.3, 0.4) is 0 Å². The fourth-order valence-electron chi connectivity index (χ4n) is 2.30. The number of rotatable bonds is 3. The van der Waals surface area contributed by atoms with Gasteiger partial charge in [-0.2, -0.15) is 0 Å². The van der Waals surface area contributed by atoms with Crippen LogP contribution in [0.4, 0.5) is 5.69 Å². The van der Waals surface area contributed by atoms with Crippen molar-refractivity contribution in [1.82, 2.24) is 5.32 Å². The molecule has 1 aromatic carbocycles. The summed E-state index contributed by atoms with van der Waals surface area (Å²) in [5.41, 5.74) is 7.09. The van der Waals surface area contributed by atoms with Gasteiger partial charge >= 0.3 is 0 Å². The van der Waals surface area contributed by atoms with E-state index in [2.05, 4.69) is 5.32 Å². The third-order valence-electron chi connectivity index (χ3n) is 3.19. The van der Waals surface area contributed by atoms with Crippen molar-refractivity contribution in [2.45, 2.75) is 31.7 Å². The number of hydrogen-bond donors (Lipinski definition) is 2. The van der Waals surface area contributed by atoms with Gasteiger partial charge in [-0.15, -0.1) is 0 Å². The number of benzene rings is 1. The molecule has 1 aliphatic rings. The van der Waals surface area contributed by atoms with Crippen LogP contribution >= 0.6 is 0 Å². The molecule has 0 spiro atoms. The predicted molar refractivity (Wildman–Crippen MR) is 71.2 cm³/mol. The van der Waals surface area contributed by atoms with E-state index >= 15 is 0 Å². The van der Waals surface area contributed by atoms with Crippen molar-refractivity contribution < 1.29 is 9.53 Å². The Morgan fingerprint density at radius 3 is 3.06 bits per heavy atom.